The molecule has 162 valence electrons. The highest BCUT2D eigenvalue weighted by Crippen LogP contribution is 2.34. The zero-order chi connectivity index (χ0) is 22.6. The molecule has 0 aliphatic rings. The van der Waals surface area contributed by atoms with Gasteiger partial charge in [-0.05, 0) is 49.0 Å². The lowest BCUT2D eigenvalue weighted by atomic mass is 10.1. The van der Waals surface area contributed by atoms with E-state index in [4.69, 9.17) is 12.2 Å². The van der Waals surface area contributed by atoms with Crippen LogP contribution in [-0.4, -0.2) is 51.0 Å². The molecule has 0 amide bonds. The van der Waals surface area contributed by atoms with Crippen LogP contribution in [0, 0.1) is 11.7 Å². The molecule has 0 atom stereocenters. The van der Waals surface area contributed by atoms with E-state index in [1.54, 1.807) is 35.1 Å². The number of hydrogen-bond donors (Lipinski definition) is 1. The smallest absolute Gasteiger partial charge is 0.242 e. The number of aromatic nitrogens is 5. The number of rotatable bonds is 4. The van der Waals surface area contributed by atoms with Crippen molar-refractivity contribution in [3.8, 4) is 16.8 Å². The fourth-order valence-electron chi connectivity index (χ4n) is 3.68. The van der Waals surface area contributed by atoms with Crippen molar-refractivity contribution in [2.24, 2.45) is 0 Å². The lowest BCUT2D eigenvalue weighted by Crippen LogP contribution is -2.22. The summed E-state index contributed by atoms with van der Waals surface area (Å²) in [7, 11) is -0.479. The van der Waals surface area contributed by atoms with Crippen LogP contribution in [0.2, 0.25) is 0 Å². The molecule has 1 N–H and O–H groups in total. The van der Waals surface area contributed by atoms with Gasteiger partial charge in [0.1, 0.15) is 6.33 Å². The quantitative estimate of drug-likeness (QED) is 0.407. The van der Waals surface area contributed by atoms with E-state index >= 15 is 0 Å². The van der Waals surface area contributed by atoms with Crippen molar-refractivity contribution in [1.29, 1.82) is 0 Å². The predicted octanol–water partition coefficient (Wildman–Crippen LogP) is 3.96. The Kier molecular flexibility index (Phi) is 4.73. The summed E-state index contributed by atoms with van der Waals surface area (Å²) < 4.78 is 30.2. The topological polar surface area (TPSA) is 88.3 Å². The molecule has 32 heavy (non-hydrogen) atoms. The number of H-pyrrole nitrogens is 1. The Balaban J connectivity index is 1.78. The van der Waals surface area contributed by atoms with E-state index in [1.807, 2.05) is 42.0 Å². The minimum absolute atomic E-state index is 0.235. The summed E-state index contributed by atoms with van der Waals surface area (Å²) in [6.45, 7) is 2.04. The molecule has 0 spiro atoms. The normalized spacial score (nSPS) is 12.2. The molecule has 0 fully saturated rings. The van der Waals surface area contributed by atoms with Gasteiger partial charge in [-0.1, -0.05) is 29.8 Å². The van der Waals surface area contributed by atoms with Gasteiger partial charge in [0.05, 0.1) is 10.3 Å². The third-order valence-electron chi connectivity index (χ3n) is 5.41. The molecule has 0 unspecified atom stereocenters. The van der Waals surface area contributed by atoms with Gasteiger partial charge in [0.25, 0.3) is 0 Å². The largest absolute Gasteiger partial charge is 0.301 e. The van der Waals surface area contributed by atoms with Crippen LogP contribution in [0.15, 0.2) is 66.0 Å². The Labute approximate surface area is 189 Å². The summed E-state index contributed by atoms with van der Waals surface area (Å²) in [5, 5.41) is 3.81. The molecule has 2 aromatic carbocycles. The fourth-order valence-corrected chi connectivity index (χ4v) is 4.77. The molecule has 3 aromatic heterocycles. The Morgan fingerprint density at radius 2 is 1.69 bits per heavy atom. The van der Waals surface area contributed by atoms with Crippen molar-refractivity contribution in [3.05, 3.63) is 71.4 Å². The molecule has 5 aromatic rings. The zero-order valence-corrected chi connectivity index (χ0v) is 19.3. The summed E-state index contributed by atoms with van der Waals surface area (Å²) in [5.74, 6) is 0. The average Bonchev–Trinajstić information content (AvgIpc) is 3.34. The summed E-state index contributed by atoms with van der Waals surface area (Å²) >= 11 is 5.24. The maximum absolute atomic E-state index is 12.5. The van der Waals surface area contributed by atoms with E-state index in [9.17, 15) is 8.42 Å². The molecule has 0 aliphatic heterocycles. The molecule has 8 nitrogen and oxygen atoms in total. The number of fused-ring (bicyclic) bond motifs is 3. The second-order valence-electron chi connectivity index (χ2n) is 7.73. The number of aromatic amines is 1. The molecule has 0 bridgehead atoms. The monoisotopic (exact) mass is 464 g/mol. The van der Waals surface area contributed by atoms with Gasteiger partial charge in [0.15, 0.2) is 11.3 Å². The number of hydrogen-bond acceptors (Lipinski definition) is 5. The summed E-state index contributed by atoms with van der Waals surface area (Å²) in [5.41, 5.74) is 5.24. The molecular weight excluding hydrogens is 444 g/mol. The van der Waals surface area contributed by atoms with Crippen molar-refractivity contribution in [3.63, 3.8) is 0 Å². The number of sulfonamides is 1. The van der Waals surface area contributed by atoms with Crippen molar-refractivity contribution in [1.82, 2.24) is 28.5 Å². The van der Waals surface area contributed by atoms with Gasteiger partial charge in [-0.3, -0.25) is 5.10 Å². The molecule has 0 aliphatic carbocycles. The van der Waals surface area contributed by atoms with Crippen molar-refractivity contribution >= 4 is 38.9 Å². The lowest BCUT2D eigenvalue weighted by Gasteiger charge is -2.11. The maximum atomic E-state index is 12.5. The van der Waals surface area contributed by atoms with Crippen LogP contribution < -0.4 is 0 Å². The standard InChI is InChI=1S/C22H20N6O2S2/c1-14-4-8-16(9-5-14)27-12-18(15-6-10-17(11-7-15)32(29,30)26(2)3)19-20(27)23-13-28-21(19)24-22(31)25-28/h4-13H,1-3H3,(H,25,31). The lowest BCUT2D eigenvalue weighted by molar-refractivity contribution is 0.521. The molecule has 10 heteroatoms. The van der Waals surface area contributed by atoms with Gasteiger partial charge in [-0.25, -0.2) is 22.2 Å². The second kappa shape index (κ2) is 7.37. The average molecular weight is 465 g/mol. The highest BCUT2D eigenvalue weighted by molar-refractivity contribution is 7.89. The van der Waals surface area contributed by atoms with E-state index in [1.165, 1.54) is 18.4 Å². The first-order valence-corrected chi connectivity index (χ1v) is 11.7. The minimum Gasteiger partial charge on any atom is -0.301 e. The van der Waals surface area contributed by atoms with Crippen LogP contribution in [0.1, 0.15) is 5.56 Å². The molecule has 0 radical (unpaired) electrons. The summed E-state index contributed by atoms with van der Waals surface area (Å²) in [4.78, 5) is 9.38. The first-order chi connectivity index (χ1) is 15.3. The van der Waals surface area contributed by atoms with E-state index in [2.05, 4.69) is 15.1 Å². The number of benzene rings is 2. The van der Waals surface area contributed by atoms with E-state index in [-0.39, 0.29) is 4.90 Å². The Hall–Kier alpha value is -3.34. The van der Waals surface area contributed by atoms with Crippen molar-refractivity contribution in [2.75, 3.05) is 14.1 Å². The number of aryl methyl sites for hydroxylation is 1. The van der Waals surface area contributed by atoms with E-state index in [0.29, 0.717) is 10.4 Å². The molecule has 0 saturated heterocycles. The van der Waals surface area contributed by atoms with Crippen LogP contribution in [0.4, 0.5) is 0 Å². The predicted molar refractivity (Wildman–Crippen MR) is 126 cm³/mol. The summed E-state index contributed by atoms with van der Waals surface area (Å²) in [6.07, 6.45) is 3.65. The van der Waals surface area contributed by atoms with Crippen molar-refractivity contribution in [2.45, 2.75) is 11.8 Å². The third-order valence-corrected chi connectivity index (χ3v) is 7.42. The Morgan fingerprint density at radius 3 is 2.34 bits per heavy atom. The Morgan fingerprint density at radius 1 is 1.00 bits per heavy atom. The first-order valence-electron chi connectivity index (χ1n) is 9.84. The van der Waals surface area contributed by atoms with E-state index < -0.39 is 10.0 Å². The van der Waals surface area contributed by atoms with Gasteiger partial charge >= 0.3 is 0 Å². The number of nitrogens with one attached hydrogen (secondary N) is 1. The molecule has 0 saturated carbocycles. The van der Waals surface area contributed by atoms with Gasteiger partial charge in [0.2, 0.25) is 14.8 Å². The summed E-state index contributed by atoms with van der Waals surface area (Å²) in [6, 6.07) is 15.0. The van der Waals surface area contributed by atoms with Crippen molar-refractivity contribution < 1.29 is 8.42 Å². The maximum Gasteiger partial charge on any atom is 0.242 e. The van der Waals surface area contributed by atoms with Crippen LogP contribution in [0.3, 0.4) is 0 Å². The number of nitrogens with zero attached hydrogens (tertiary/aromatic N) is 5. The van der Waals surface area contributed by atoms with Crippen LogP contribution in [-0.2, 0) is 10.0 Å². The fraction of sp³-hybridized carbons (Fsp3) is 0.136. The van der Waals surface area contributed by atoms with Gasteiger partial charge in [-0.2, -0.15) is 4.98 Å². The molecule has 5 rings (SSSR count). The first kappa shape index (κ1) is 20.6. The van der Waals surface area contributed by atoms with Crippen LogP contribution in [0.5, 0.6) is 0 Å². The SMILES string of the molecule is Cc1ccc(-n2cc(-c3ccc(S(=O)(=O)N(C)C)cc3)c3c2ncn2[nH]c(=S)nc32)cc1. The van der Waals surface area contributed by atoms with E-state index in [0.717, 1.165) is 33.4 Å². The highest BCUT2D eigenvalue weighted by Gasteiger charge is 2.20. The zero-order valence-electron chi connectivity index (χ0n) is 17.6. The Bertz CT molecular complexity index is 1630. The second-order valence-corrected chi connectivity index (χ2v) is 10.3. The van der Waals surface area contributed by atoms with Crippen LogP contribution >= 0.6 is 12.2 Å². The molecule has 3 heterocycles. The van der Waals surface area contributed by atoms with Crippen LogP contribution in [0.25, 0.3) is 33.5 Å². The molecular formula is C22H20N6O2S2. The minimum atomic E-state index is -3.51. The van der Waals surface area contributed by atoms with Gasteiger partial charge in [-0.15, -0.1) is 0 Å². The highest BCUT2D eigenvalue weighted by atomic mass is 32.2. The van der Waals surface area contributed by atoms with Gasteiger partial charge < -0.3 is 4.57 Å². The third kappa shape index (κ3) is 3.24. The van der Waals surface area contributed by atoms with Gasteiger partial charge in [0, 0.05) is 31.5 Å².